The molecule has 1 aliphatic rings. The van der Waals surface area contributed by atoms with Gasteiger partial charge in [0.25, 0.3) is 5.89 Å². The lowest BCUT2D eigenvalue weighted by Gasteiger charge is -2.30. The predicted octanol–water partition coefficient (Wildman–Crippen LogP) is 2.55. The van der Waals surface area contributed by atoms with Crippen LogP contribution in [-0.2, 0) is 4.79 Å². The number of amides is 1. The fraction of sp³-hybridized carbons (Fsp3) is 0.471. The van der Waals surface area contributed by atoms with E-state index in [0.717, 1.165) is 19.3 Å². The van der Waals surface area contributed by atoms with E-state index in [-0.39, 0.29) is 17.5 Å². The Morgan fingerprint density at radius 2 is 2.29 bits per heavy atom. The zero-order chi connectivity index (χ0) is 16.9. The summed E-state index contributed by atoms with van der Waals surface area (Å²) in [5.41, 5.74) is 0.246. The highest BCUT2D eigenvalue weighted by Gasteiger charge is 2.29. The highest BCUT2D eigenvalue weighted by Crippen LogP contribution is 2.31. The van der Waals surface area contributed by atoms with Crippen molar-refractivity contribution < 1.29 is 13.6 Å². The van der Waals surface area contributed by atoms with E-state index < -0.39 is 0 Å². The van der Waals surface area contributed by atoms with Crippen LogP contribution in [0.15, 0.2) is 27.2 Å². The number of oxazole rings is 1. The normalized spacial score (nSPS) is 15.2. The molecule has 1 fully saturated rings. The fourth-order valence-corrected chi connectivity index (χ4v) is 2.84. The van der Waals surface area contributed by atoms with Gasteiger partial charge in [0, 0.05) is 25.6 Å². The quantitative estimate of drug-likeness (QED) is 0.906. The lowest BCUT2D eigenvalue weighted by Crippen LogP contribution is -2.40. The summed E-state index contributed by atoms with van der Waals surface area (Å²) >= 11 is 0. The first-order chi connectivity index (χ1) is 11.7. The van der Waals surface area contributed by atoms with Crippen molar-refractivity contribution in [1.82, 2.24) is 10.3 Å². The van der Waals surface area contributed by atoms with Gasteiger partial charge in [0.2, 0.25) is 17.5 Å². The molecule has 0 unspecified atom stereocenters. The summed E-state index contributed by atoms with van der Waals surface area (Å²) in [5.74, 6) is 1.38. The van der Waals surface area contributed by atoms with Crippen molar-refractivity contribution in [1.29, 1.82) is 5.26 Å². The Labute approximate surface area is 140 Å². The molecule has 1 aliphatic heterocycles. The number of aromatic nitrogens is 1. The van der Waals surface area contributed by atoms with Crippen molar-refractivity contribution in [3.8, 4) is 17.7 Å². The maximum absolute atomic E-state index is 12.1. The molecule has 0 radical (unpaired) electrons. The van der Waals surface area contributed by atoms with Gasteiger partial charge in [-0.15, -0.1) is 0 Å². The topological polar surface area (TPSA) is 95.3 Å². The summed E-state index contributed by atoms with van der Waals surface area (Å²) in [6, 6.07) is 5.55. The average molecular weight is 328 g/mol. The molecular weight excluding hydrogens is 308 g/mol. The third-order valence-corrected chi connectivity index (χ3v) is 4.15. The second-order valence-electron chi connectivity index (χ2n) is 5.81. The van der Waals surface area contributed by atoms with Crippen molar-refractivity contribution in [2.75, 3.05) is 24.5 Å². The average Bonchev–Trinajstić information content (AvgIpc) is 3.28. The van der Waals surface area contributed by atoms with Crippen LogP contribution in [0.2, 0.25) is 0 Å². The molecule has 7 nitrogen and oxygen atoms in total. The molecule has 0 saturated carbocycles. The minimum absolute atomic E-state index is 0.0193. The SMILES string of the molecule is CCCNC(=O)C1CCN(c2oc(-c3ccco3)nc2C#N)CC1. The lowest BCUT2D eigenvalue weighted by atomic mass is 9.96. The van der Waals surface area contributed by atoms with Gasteiger partial charge >= 0.3 is 0 Å². The van der Waals surface area contributed by atoms with Crippen LogP contribution in [-0.4, -0.2) is 30.5 Å². The van der Waals surface area contributed by atoms with Gasteiger partial charge in [-0.25, -0.2) is 0 Å². The van der Waals surface area contributed by atoms with Gasteiger partial charge < -0.3 is 19.1 Å². The Morgan fingerprint density at radius 1 is 1.50 bits per heavy atom. The van der Waals surface area contributed by atoms with Gasteiger partial charge in [0.05, 0.1) is 6.26 Å². The molecule has 0 spiro atoms. The van der Waals surface area contributed by atoms with E-state index in [1.54, 1.807) is 12.1 Å². The van der Waals surface area contributed by atoms with Gasteiger partial charge in [-0.05, 0) is 31.4 Å². The molecule has 126 valence electrons. The van der Waals surface area contributed by atoms with E-state index in [2.05, 4.69) is 16.4 Å². The minimum atomic E-state index is 0.0193. The van der Waals surface area contributed by atoms with Gasteiger partial charge in [0.15, 0.2) is 5.76 Å². The fourth-order valence-electron chi connectivity index (χ4n) is 2.84. The van der Waals surface area contributed by atoms with E-state index in [0.29, 0.717) is 37.2 Å². The Bertz CT molecular complexity index is 722. The number of anilines is 1. The maximum Gasteiger partial charge on any atom is 0.266 e. The van der Waals surface area contributed by atoms with Crippen LogP contribution in [0.4, 0.5) is 5.88 Å². The van der Waals surface area contributed by atoms with Crippen molar-refractivity contribution in [2.24, 2.45) is 5.92 Å². The molecule has 1 saturated heterocycles. The van der Waals surface area contributed by atoms with Crippen molar-refractivity contribution in [3.63, 3.8) is 0 Å². The number of carbonyl (C=O) groups excluding carboxylic acids is 1. The number of carbonyl (C=O) groups is 1. The summed E-state index contributed by atoms with van der Waals surface area (Å²) in [7, 11) is 0. The molecule has 0 atom stereocenters. The van der Waals surface area contributed by atoms with Crippen LogP contribution in [0, 0.1) is 17.2 Å². The molecule has 1 N–H and O–H groups in total. The first-order valence-corrected chi connectivity index (χ1v) is 8.20. The second kappa shape index (κ2) is 7.21. The van der Waals surface area contributed by atoms with Crippen molar-refractivity contribution >= 4 is 11.8 Å². The number of piperidine rings is 1. The first-order valence-electron chi connectivity index (χ1n) is 8.20. The number of nitrogens with zero attached hydrogens (tertiary/aromatic N) is 3. The highest BCUT2D eigenvalue weighted by molar-refractivity contribution is 5.79. The second-order valence-corrected chi connectivity index (χ2v) is 5.81. The summed E-state index contributed by atoms with van der Waals surface area (Å²) in [6.07, 6.45) is 3.93. The molecule has 0 aliphatic carbocycles. The lowest BCUT2D eigenvalue weighted by molar-refractivity contribution is -0.125. The number of hydrogen-bond donors (Lipinski definition) is 1. The Kier molecular flexibility index (Phi) is 4.85. The Hall–Kier alpha value is -2.75. The van der Waals surface area contributed by atoms with Crippen LogP contribution >= 0.6 is 0 Å². The number of nitriles is 1. The Morgan fingerprint density at radius 3 is 2.92 bits per heavy atom. The van der Waals surface area contributed by atoms with Crippen LogP contribution < -0.4 is 10.2 Å². The number of nitrogens with one attached hydrogen (secondary N) is 1. The molecule has 24 heavy (non-hydrogen) atoms. The van der Waals surface area contributed by atoms with Crippen molar-refractivity contribution in [2.45, 2.75) is 26.2 Å². The smallest absolute Gasteiger partial charge is 0.266 e. The minimum Gasteiger partial charge on any atom is -0.459 e. The number of furan rings is 1. The number of hydrogen-bond acceptors (Lipinski definition) is 6. The molecule has 7 heteroatoms. The highest BCUT2D eigenvalue weighted by atomic mass is 16.4. The molecule has 3 heterocycles. The molecule has 2 aromatic rings. The predicted molar refractivity (Wildman–Crippen MR) is 87.2 cm³/mol. The summed E-state index contributed by atoms with van der Waals surface area (Å²) in [5, 5.41) is 12.2. The molecule has 2 aromatic heterocycles. The molecule has 3 rings (SSSR count). The van der Waals surface area contributed by atoms with E-state index >= 15 is 0 Å². The van der Waals surface area contributed by atoms with Crippen LogP contribution in [0.3, 0.4) is 0 Å². The summed E-state index contributed by atoms with van der Waals surface area (Å²) < 4.78 is 11.0. The first kappa shape index (κ1) is 16.1. The molecular formula is C17H20N4O3. The summed E-state index contributed by atoms with van der Waals surface area (Å²) in [6.45, 7) is 4.07. The molecule has 0 bridgehead atoms. The molecule has 0 aromatic carbocycles. The Balaban J connectivity index is 1.68. The van der Waals surface area contributed by atoms with Crippen LogP contribution in [0.25, 0.3) is 11.7 Å². The van der Waals surface area contributed by atoms with Gasteiger partial charge in [-0.3, -0.25) is 4.79 Å². The molecule has 1 amide bonds. The van der Waals surface area contributed by atoms with Gasteiger partial charge in [-0.1, -0.05) is 6.92 Å². The zero-order valence-corrected chi connectivity index (χ0v) is 13.6. The van der Waals surface area contributed by atoms with E-state index in [1.807, 2.05) is 11.8 Å². The number of rotatable bonds is 5. The maximum atomic E-state index is 12.1. The van der Waals surface area contributed by atoms with Gasteiger partial charge in [-0.2, -0.15) is 10.2 Å². The van der Waals surface area contributed by atoms with Crippen LogP contribution in [0.5, 0.6) is 0 Å². The largest absolute Gasteiger partial charge is 0.459 e. The van der Waals surface area contributed by atoms with E-state index in [1.165, 1.54) is 6.26 Å². The van der Waals surface area contributed by atoms with Crippen LogP contribution in [0.1, 0.15) is 31.9 Å². The third kappa shape index (κ3) is 3.27. The van der Waals surface area contributed by atoms with E-state index in [9.17, 15) is 10.1 Å². The van der Waals surface area contributed by atoms with Crippen molar-refractivity contribution in [3.05, 3.63) is 24.1 Å². The monoisotopic (exact) mass is 328 g/mol. The third-order valence-electron chi connectivity index (χ3n) is 4.15. The van der Waals surface area contributed by atoms with E-state index in [4.69, 9.17) is 8.83 Å². The van der Waals surface area contributed by atoms with Gasteiger partial charge in [0.1, 0.15) is 6.07 Å². The standard InChI is InChI=1S/C17H20N4O3/c1-2-7-19-15(22)12-5-8-21(9-6-12)17-13(11-18)20-16(24-17)14-4-3-10-23-14/h3-4,10,12H,2,5-9H2,1H3,(H,19,22). The zero-order valence-electron chi connectivity index (χ0n) is 13.6. The summed E-state index contributed by atoms with van der Waals surface area (Å²) in [4.78, 5) is 18.2.